The molecule has 0 saturated carbocycles. The first kappa shape index (κ1) is 33.1. The third-order valence-electron chi connectivity index (χ3n) is 6.37. The van der Waals surface area contributed by atoms with Crippen molar-refractivity contribution in [3.63, 3.8) is 0 Å². The Morgan fingerprint density at radius 2 is 0.390 bits per heavy atom. The van der Waals surface area contributed by atoms with Crippen LogP contribution in [0.4, 0.5) is 0 Å². The van der Waals surface area contributed by atoms with Gasteiger partial charge < -0.3 is 7.43 Å². The SMILES string of the molecule is [CH3-].[I][Pt+].c1ccc([PH+](c2ccccc2)c2ccccc2)cc1.c1ccc([PH+](c2ccccc2)c2ccccc2)cc1. The van der Waals surface area contributed by atoms with Gasteiger partial charge in [-0.25, -0.2) is 0 Å². The smallest absolute Gasteiger partial charge is 0.0620 e. The summed E-state index contributed by atoms with van der Waals surface area (Å²) in [5.74, 6) is 0. The summed E-state index contributed by atoms with van der Waals surface area (Å²) in [6, 6.07) is 65.0. The summed E-state index contributed by atoms with van der Waals surface area (Å²) in [6.45, 7) is 0. The van der Waals surface area contributed by atoms with Crippen molar-refractivity contribution in [2.75, 3.05) is 0 Å². The van der Waals surface area contributed by atoms with Crippen LogP contribution in [0.2, 0.25) is 0 Å². The van der Waals surface area contributed by atoms with E-state index in [1.165, 1.54) is 31.8 Å². The molecule has 0 amide bonds. The Labute approximate surface area is 270 Å². The van der Waals surface area contributed by atoms with Crippen molar-refractivity contribution in [3.8, 4) is 0 Å². The average molecular weight is 864 g/mol. The van der Waals surface area contributed by atoms with Gasteiger partial charge in [-0.05, 0) is 72.8 Å². The number of rotatable bonds is 6. The van der Waals surface area contributed by atoms with E-state index in [-0.39, 0.29) is 7.43 Å². The minimum absolute atomic E-state index is 0. The predicted octanol–water partition coefficient (Wildman–Crippen LogP) is 7.69. The van der Waals surface area contributed by atoms with E-state index in [2.05, 4.69) is 217 Å². The number of hydrogen-bond donors (Lipinski definition) is 0. The van der Waals surface area contributed by atoms with Crippen LogP contribution in [0, 0.1) is 7.43 Å². The Hall–Kier alpha value is -2.40. The molecule has 0 radical (unpaired) electrons. The van der Waals surface area contributed by atoms with Crippen LogP contribution in [0.3, 0.4) is 0 Å². The van der Waals surface area contributed by atoms with E-state index in [1.54, 1.807) is 0 Å². The molecular weight excluding hydrogens is 828 g/mol. The standard InChI is InChI=1S/2C18H15P.CH3.HI.Pt/c2*1-4-10-16(11-5-1)19(17-12-6-2-7-13-17)18-14-8-3-9-15-18;;;/h2*1-15H;1H3;1H;/q;;-1;;+2/p+1. The van der Waals surface area contributed by atoms with Crippen molar-refractivity contribution in [1.82, 2.24) is 0 Å². The largest absolute Gasteiger partial charge is 0.102 e. The zero-order valence-electron chi connectivity index (χ0n) is 23.0. The van der Waals surface area contributed by atoms with E-state index in [9.17, 15) is 0 Å². The molecule has 6 aromatic carbocycles. The minimum Gasteiger partial charge on any atom is -0.0620 e. The molecule has 0 aliphatic rings. The Bertz CT molecular complexity index is 1180. The number of hydrogen-bond acceptors (Lipinski definition) is 0. The molecule has 41 heavy (non-hydrogen) atoms. The van der Waals surface area contributed by atoms with Gasteiger partial charge in [0.1, 0.15) is 31.8 Å². The van der Waals surface area contributed by atoms with Gasteiger partial charge in [0.15, 0.2) is 0 Å². The second-order valence-corrected chi connectivity index (χ2v) is 13.9. The summed E-state index contributed by atoms with van der Waals surface area (Å²) in [7, 11) is -1.75. The molecule has 0 nitrogen and oxygen atoms in total. The van der Waals surface area contributed by atoms with Crippen LogP contribution >= 0.6 is 35.2 Å². The van der Waals surface area contributed by atoms with Gasteiger partial charge in [-0.1, -0.05) is 109 Å². The van der Waals surface area contributed by atoms with Crippen molar-refractivity contribution in [2.45, 2.75) is 0 Å². The van der Waals surface area contributed by atoms with Crippen LogP contribution in [-0.2, 0) is 16.1 Å². The molecule has 208 valence electrons. The molecule has 0 bridgehead atoms. The molecule has 0 saturated heterocycles. The quantitative estimate of drug-likeness (QED) is 0.0917. The summed E-state index contributed by atoms with van der Waals surface area (Å²) in [4.78, 5) is 0. The molecule has 6 aromatic rings. The Kier molecular flexibility index (Phi) is 15.3. The zero-order chi connectivity index (χ0) is 27.8. The number of benzene rings is 6. The molecule has 0 unspecified atom stereocenters. The van der Waals surface area contributed by atoms with Crippen LogP contribution in [0.15, 0.2) is 182 Å². The van der Waals surface area contributed by atoms with E-state index in [0.717, 1.165) is 0 Å². The fraction of sp³-hybridized carbons (Fsp3) is 0. The first-order valence-electron chi connectivity index (χ1n) is 13.1. The minimum atomic E-state index is -0.877. The third-order valence-corrected chi connectivity index (χ3v) is 11.8. The summed E-state index contributed by atoms with van der Waals surface area (Å²) in [5, 5.41) is 8.61. The van der Waals surface area contributed by atoms with Gasteiger partial charge in [0.05, 0.1) is 15.8 Å². The van der Waals surface area contributed by atoms with Gasteiger partial charge in [-0.2, -0.15) is 0 Å². The molecule has 0 aliphatic heterocycles. The fourth-order valence-corrected chi connectivity index (χ4v) is 9.78. The van der Waals surface area contributed by atoms with E-state index in [1.807, 2.05) is 0 Å². The van der Waals surface area contributed by atoms with Crippen LogP contribution in [0.1, 0.15) is 0 Å². The van der Waals surface area contributed by atoms with E-state index in [0.29, 0.717) is 0 Å². The summed E-state index contributed by atoms with van der Waals surface area (Å²) in [6.07, 6.45) is 0. The Morgan fingerprint density at radius 1 is 0.268 bits per heavy atom. The van der Waals surface area contributed by atoms with Crippen molar-refractivity contribution in [3.05, 3.63) is 189 Å². The molecule has 4 heteroatoms. The maximum atomic E-state index is 2.24. The molecule has 0 aromatic heterocycles. The van der Waals surface area contributed by atoms with Gasteiger partial charge in [0.25, 0.3) is 0 Å². The van der Waals surface area contributed by atoms with Crippen LogP contribution < -0.4 is 31.8 Å². The predicted molar refractivity (Wildman–Crippen MR) is 194 cm³/mol. The van der Waals surface area contributed by atoms with Gasteiger partial charge in [0.2, 0.25) is 0 Å². The zero-order valence-corrected chi connectivity index (χ0v) is 29.4. The maximum absolute atomic E-state index is 2.24. The van der Waals surface area contributed by atoms with Gasteiger partial charge in [-0.3, -0.25) is 0 Å². The third kappa shape index (κ3) is 9.84. The average Bonchev–Trinajstić information content (AvgIpc) is 3.06. The van der Waals surface area contributed by atoms with Crippen LogP contribution in [0.25, 0.3) is 0 Å². The van der Waals surface area contributed by atoms with Crippen LogP contribution in [0.5, 0.6) is 0 Å². The topological polar surface area (TPSA) is 0 Å². The molecular formula is C37H35IP2Pt+2. The van der Waals surface area contributed by atoms with Crippen molar-refractivity contribution >= 4 is 67.0 Å². The molecule has 0 aliphatic carbocycles. The Balaban J connectivity index is 0.000000208. The Morgan fingerprint density at radius 3 is 0.512 bits per heavy atom. The van der Waals surface area contributed by atoms with Gasteiger partial charge >= 0.3 is 35.5 Å². The van der Waals surface area contributed by atoms with E-state index < -0.39 is 15.8 Å². The number of halogens is 1. The molecule has 6 rings (SSSR count). The second kappa shape index (κ2) is 18.9. The molecule has 0 heterocycles. The normalized spacial score (nSPS) is 9.98. The summed E-state index contributed by atoms with van der Waals surface area (Å²) in [5.41, 5.74) is 0. The van der Waals surface area contributed by atoms with Crippen molar-refractivity contribution in [2.24, 2.45) is 0 Å². The van der Waals surface area contributed by atoms with E-state index in [4.69, 9.17) is 0 Å². The fourth-order valence-electron chi connectivity index (χ4n) is 4.63. The maximum Gasteiger partial charge on any atom is 0.102 e. The van der Waals surface area contributed by atoms with Crippen LogP contribution in [-0.4, -0.2) is 0 Å². The molecule has 0 N–H and O–H groups in total. The summed E-state index contributed by atoms with van der Waals surface area (Å²) >= 11 is 4.23. The molecule has 0 atom stereocenters. The van der Waals surface area contributed by atoms with Crippen molar-refractivity contribution < 1.29 is 16.1 Å². The molecule has 0 spiro atoms. The van der Waals surface area contributed by atoms with Crippen molar-refractivity contribution in [1.29, 1.82) is 0 Å². The second-order valence-electron chi connectivity index (χ2n) is 8.95. The monoisotopic (exact) mass is 863 g/mol. The first-order valence-corrected chi connectivity index (χ1v) is 22.5. The molecule has 0 fully saturated rings. The summed E-state index contributed by atoms with van der Waals surface area (Å²) < 4.78 is 0. The van der Waals surface area contributed by atoms with Gasteiger partial charge in [-0.15, -0.1) is 0 Å². The first-order chi connectivity index (χ1) is 19.9. The van der Waals surface area contributed by atoms with Gasteiger partial charge in [0, 0.05) is 0 Å². The van der Waals surface area contributed by atoms with E-state index >= 15 is 0 Å².